The van der Waals surface area contributed by atoms with E-state index in [1.54, 1.807) is 24.3 Å². The molecule has 1 aliphatic rings. The van der Waals surface area contributed by atoms with E-state index in [-0.39, 0.29) is 24.0 Å². The second-order valence-electron chi connectivity index (χ2n) is 6.34. The molecule has 25 heavy (non-hydrogen) atoms. The van der Waals surface area contributed by atoms with Crippen molar-refractivity contribution in [3.05, 3.63) is 59.2 Å². The van der Waals surface area contributed by atoms with Crippen molar-refractivity contribution in [1.82, 2.24) is 0 Å². The zero-order chi connectivity index (χ0) is 18.1. The van der Waals surface area contributed by atoms with Gasteiger partial charge in [-0.3, -0.25) is 14.4 Å². The monoisotopic (exact) mass is 336 g/mol. The number of rotatable bonds is 4. The highest BCUT2D eigenvalue weighted by Crippen LogP contribution is 2.30. The van der Waals surface area contributed by atoms with Crippen molar-refractivity contribution in [3.8, 4) is 0 Å². The molecule has 0 aliphatic carbocycles. The van der Waals surface area contributed by atoms with E-state index in [1.807, 2.05) is 32.0 Å². The Morgan fingerprint density at radius 2 is 1.64 bits per heavy atom. The van der Waals surface area contributed by atoms with E-state index in [2.05, 4.69) is 5.32 Å². The maximum absolute atomic E-state index is 12.8. The number of Topliss-reactive ketones (excluding diaryl/α,β-unsaturated/α-hetero) is 1. The summed E-state index contributed by atoms with van der Waals surface area (Å²) in [5.74, 6) is -0.474. The normalized spacial score (nSPS) is 17.1. The second-order valence-corrected chi connectivity index (χ2v) is 6.34. The first-order chi connectivity index (χ1) is 11.9. The van der Waals surface area contributed by atoms with Crippen molar-refractivity contribution in [2.24, 2.45) is 0 Å². The lowest BCUT2D eigenvalue weighted by Crippen LogP contribution is -2.35. The average molecular weight is 336 g/mol. The molecule has 2 aromatic rings. The van der Waals surface area contributed by atoms with E-state index in [0.717, 1.165) is 11.1 Å². The van der Waals surface area contributed by atoms with Gasteiger partial charge in [0.1, 0.15) is 6.04 Å². The van der Waals surface area contributed by atoms with Gasteiger partial charge in [0.25, 0.3) is 5.91 Å². The van der Waals surface area contributed by atoms with Crippen LogP contribution in [0.2, 0.25) is 0 Å². The van der Waals surface area contributed by atoms with Gasteiger partial charge < -0.3 is 5.32 Å². The van der Waals surface area contributed by atoms with Gasteiger partial charge in [-0.15, -0.1) is 0 Å². The van der Waals surface area contributed by atoms with Gasteiger partial charge in [0, 0.05) is 11.3 Å². The third-order valence-corrected chi connectivity index (χ3v) is 4.44. The fourth-order valence-corrected chi connectivity index (χ4v) is 3.14. The van der Waals surface area contributed by atoms with Crippen molar-refractivity contribution in [1.29, 1.82) is 0 Å². The molecule has 0 spiro atoms. The van der Waals surface area contributed by atoms with Crippen LogP contribution in [0.3, 0.4) is 0 Å². The summed E-state index contributed by atoms with van der Waals surface area (Å²) < 4.78 is 0. The maximum Gasteiger partial charge on any atom is 0.256 e. The third kappa shape index (κ3) is 3.18. The Bertz CT molecular complexity index is 835. The first-order valence-corrected chi connectivity index (χ1v) is 8.19. The zero-order valence-electron chi connectivity index (χ0n) is 14.5. The summed E-state index contributed by atoms with van der Waals surface area (Å²) in [5.41, 5.74) is 3.78. The number of carbonyl (C=O) groups is 3. The number of imide groups is 1. The average Bonchev–Trinajstić information content (AvgIpc) is 2.83. The van der Waals surface area contributed by atoms with Gasteiger partial charge in [0.15, 0.2) is 5.78 Å². The fraction of sp³-hybridized carbons (Fsp3) is 0.250. The van der Waals surface area contributed by atoms with Crippen molar-refractivity contribution in [3.63, 3.8) is 0 Å². The van der Waals surface area contributed by atoms with Gasteiger partial charge in [-0.2, -0.15) is 0 Å². The first kappa shape index (κ1) is 16.9. The van der Waals surface area contributed by atoms with Crippen LogP contribution in [-0.4, -0.2) is 23.6 Å². The van der Waals surface area contributed by atoms with Crippen LogP contribution in [-0.2, 0) is 9.59 Å². The molecule has 2 amide bonds. The predicted molar refractivity (Wildman–Crippen MR) is 96.9 cm³/mol. The van der Waals surface area contributed by atoms with E-state index >= 15 is 0 Å². The highest BCUT2D eigenvalue weighted by atomic mass is 16.2. The van der Waals surface area contributed by atoms with Gasteiger partial charge in [-0.05, 0) is 56.2 Å². The molecule has 1 N–H and O–H groups in total. The molecule has 0 bridgehead atoms. The second kappa shape index (κ2) is 6.51. The molecule has 1 fully saturated rings. The molecular weight excluding hydrogens is 316 g/mol. The number of aryl methyl sites for hydroxylation is 2. The predicted octanol–water partition coefficient (Wildman–Crippen LogP) is 3.25. The quantitative estimate of drug-likeness (QED) is 0.687. The lowest BCUT2D eigenvalue weighted by atomic mass is 10.1. The Morgan fingerprint density at radius 1 is 1.04 bits per heavy atom. The number of hydrogen-bond donors (Lipinski definition) is 1. The van der Waals surface area contributed by atoms with Crippen LogP contribution in [0.25, 0.3) is 0 Å². The van der Waals surface area contributed by atoms with Crippen molar-refractivity contribution >= 4 is 29.0 Å². The topological polar surface area (TPSA) is 66.5 Å². The van der Waals surface area contributed by atoms with E-state index in [9.17, 15) is 14.4 Å². The molecule has 1 saturated heterocycles. The van der Waals surface area contributed by atoms with Gasteiger partial charge in [0.2, 0.25) is 5.91 Å². The summed E-state index contributed by atoms with van der Waals surface area (Å²) in [4.78, 5) is 37.9. The standard InChI is InChI=1S/C20H20N2O3/c1-12-5-4-6-13(2)19(12)22-18(24)11-17(20(22)25)21-16-9-7-15(8-10-16)14(3)23/h4-10,17,21H,11H2,1-3H3/t17-/m0/s1. The van der Waals surface area contributed by atoms with E-state index in [0.29, 0.717) is 16.9 Å². The molecule has 0 aromatic heterocycles. The molecule has 1 atom stereocenters. The van der Waals surface area contributed by atoms with Crippen molar-refractivity contribution in [2.75, 3.05) is 10.2 Å². The molecule has 1 heterocycles. The minimum atomic E-state index is -0.602. The van der Waals surface area contributed by atoms with E-state index in [4.69, 9.17) is 0 Å². The SMILES string of the molecule is CC(=O)c1ccc(N[C@H]2CC(=O)N(c3c(C)cccc3C)C2=O)cc1. The van der Waals surface area contributed by atoms with Gasteiger partial charge in [-0.1, -0.05) is 18.2 Å². The largest absolute Gasteiger partial charge is 0.373 e. The Kier molecular flexibility index (Phi) is 4.40. The molecule has 5 nitrogen and oxygen atoms in total. The maximum atomic E-state index is 12.8. The zero-order valence-corrected chi connectivity index (χ0v) is 14.5. The lowest BCUT2D eigenvalue weighted by Gasteiger charge is -2.20. The minimum Gasteiger partial charge on any atom is -0.373 e. The Balaban J connectivity index is 1.83. The Labute approximate surface area is 146 Å². The summed E-state index contributed by atoms with van der Waals surface area (Å²) in [6.45, 7) is 5.29. The number of para-hydroxylation sites is 1. The van der Waals surface area contributed by atoms with Gasteiger partial charge in [0.05, 0.1) is 12.1 Å². The first-order valence-electron chi connectivity index (χ1n) is 8.19. The van der Waals surface area contributed by atoms with Crippen LogP contribution >= 0.6 is 0 Å². The van der Waals surface area contributed by atoms with Crippen molar-refractivity contribution in [2.45, 2.75) is 33.2 Å². The van der Waals surface area contributed by atoms with Gasteiger partial charge >= 0.3 is 0 Å². The summed E-state index contributed by atoms with van der Waals surface area (Å²) in [6, 6.07) is 12.0. The number of ketones is 1. The summed E-state index contributed by atoms with van der Waals surface area (Å²) in [6.07, 6.45) is 0.112. The third-order valence-electron chi connectivity index (χ3n) is 4.44. The molecule has 3 rings (SSSR count). The number of carbonyl (C=O) groups excluding carboxylic acids is 3. The molecule has 0 unspecified atom stereocenters. The number of nitrogens with zero attached hydrogens (tertiary/aromatic N) is 1. The van der Waals surface area contributed by atoms with E-state index < -0.39 is 6.04 Å². The number of amides is 2. The summed E-state index contributed by atoms with van der Waals surface area (Å²) >= 11 is 0. The minimum absolute atomic E-state index is 0.0140. The summed E-state index contributed by atoms with van der Waals surface area (Å²) in [5, 5.41) is 3.10. The number of anilines is 2. The van der Waals surface area contributed by atoms with E-state index in [1.165, 1.54) is 11.8 Å². The molecule has 128 valence electrons. The lowest BCUT2D eigenvalue weighted by molar-refractivity contribution is -0.121. The van der Waals surface area contributed by atoms with Crippen LogP contribution in [0.4, 0.5) is 11.4 Å². The molecule has 5 heteroatoms. The highest BCUT2D eigenvalue weighted by Gasteiger charge is 2.40. The fourth-order valence-electron chi connectivity index (χ4n) is 3.14. The number of benzene rings is 2. The van der Waals surface area contributed by atoms with Crippen LogP contribution in [0.15, 0.2) is 42.5 Å². The molecule has 1 aliphatic heterocycles. The number of nitrogens with one attached hydrogen (secondary N) is 1. The molecule has 0 radical (unpaired) electrons. The Morgan fingerprint density at radius 3 is 2.20 bits per heavy atom. The van der Waals surface area contributed by atoms with Crippen LogP contribution in [0, 0.1) is 13.8 Å². The van der Waals surface area contributed by atoms with Crippen LogP contribution in [0.5, 0.6) is 0 Å². The summed E-state index contributed by atoms with van der Waals surface area (Å²) in [7, 11) is 0. The smallest absolute Gasteiger partial charge is 0.256 e. The van der Waals surface area contributed by atoms with Crippen molar-refractivity contribution < 1.29 is 14.4 Å². The van der Waals surface area contributed by atoms with Gasteiger partial charge in [-0.25, -0.2) is 4.90 Å². The molecule has 2 aromatic carbocycles. The van der Waals surface area contributed by atoms with Crippen LogP contribution < -0.4 is 10.2 Å². The molecule has 0 saturated carbocycles. The Hall–Kier alpha value is -2.95. The van der Waals surface area contributed by atoms with Crippen LogP contribution in [0.1, 0.15) is 34.8 Å². The number of hydrogen-bond acceptors (Lipinski definition) is 4. The highest BCUT2D eigenvalue weighted by molar-refractivity contribution is 6.23. The molecular formula is C20H20N2O3.